The van der Waals surface area contributed by atoms with Gasteiger partial charge in [0.1, 0.15) is 5.54 Å². The number of benzene rings is 2. The third-order valence-corrected chi connectivity index (χ3v) is 6.76. The maximum absolute atomic E-state index is 13.1. The van der Waals surface area contributed by atoms with E-state index in [0.717, 1.165) is 0 Å². The van der Waals surface area contributed by atoms with Crippen LogP contribution in [0.2, 0.25) is 0 Å². The van der Waals surface area contributed by atoms with Crippen LogP contribution in [-0.4, -0.2) is 72.3 Å². The van der Waals surface area contributed by atoms with Crippen molar-refractivity contribution in [2.75, 3.05) is 38.2 Å². The number of fused-ring (bicyclic) bond motifs is 1. The number of para-hydroxylation sites is 1. The van der Waals surface area contributed by atoms with Crippen LogP contribution < -0.4 is 4.90 Å². The lowest BCUT2D eigenvalue weighted by Crippen LogP contribution is -2.63. The summed E-state index contributed by atoms with van der Waals surface area (Å²) in [6.45, 7) is 3.60. The van der Waals surface area contributed by atoms with E-state index >= 15 is 0 Å². The summed E-state index contributed by atoms with van der Waals surface area (Å²) in [5.41, 5.74) is 0.439. The van der Waals surface area contributed by atoms with E-state index in [1.54, 1.807) is 36.1 Å². The van der Waals surface area contributed by atoms with Crippen LogP contribution in [0.15, 0.2) is 54.6 Å². The van der Waals surface area contributed by atoms with Crippen molar-refractivity contribution in [1.82, 2.24) is 9.80 Å². The third kappa shape index (κ3) is 4.09. The number of imide groups is 1. The molecule has 8 nitrogen and oxygen atoms in total. The number of likely N-dealkylation sites (tertiary alicyclic amines) is 1. The summed E-state index contributed by atoms with van der Waals surface area (Å²) in [6.07, 6.45) is 1.04. The molecule has 178 valence electrons. The molecule has 0 N–H and O–H groups in total. The summed E-state index contributed by atoms with van der Waals surface area (Å²) >= 11 is 0. The Morgan fingerprint density at radius 1 is 0.912 bits per heavy atom. The Balaban J connectivity index is 1.48. The maximum Gasteiger partial charge on any atom is 0.332 e. The fourth-order valence-electron chi connectivity index (χ4n) is 4.90. The van der Waals surface area contributed by atoms with Crippen molar-refractivity contribution in [3.63, 3.8) is 0 Å². The fraction of sp³-hybridized carbons (Fsp3) is 0.385. The molecule has 0 radical (unpaired) electrons. The molecule has 0 atom stereocenters. The molecule has 2 aliphatic rings. The summed E-state index contributed by atoms with van der Waals surface area (Å²) in [5, 5.41) is 0. The van der Waals surface area contributed by atoms with Gasteiger partial charge in [0.2, 0.25) is 5.91 Å². The first-order valence-corrected chi connectivity index (χ1v) is 11.6. The van der Waals surface area contributed by atoms with Gasteiger partial charge in [-0.05, 0) is 37.1 Å². The Kier molecular flexibility index (Phi) is 6.79. The molecule has 0 saturated carbocycles. The van der Waals surface area contributed by atoms with Gasteiger partial charge >= 0.3 is 5.97 Å². The molecule has 0 bridgehead atoms. The number of piperidine rings is 1. The average molecular weight is 464 g/mol. The van der Waals surface area contributed by atoms with Crippen molar-refractivity contribution in [1.29, 1.82) is 0 Å². The first-order chi connectivity index (χ1) is 16.4. The van der Waals surface area contributed by atoms with Crippen molar-refractivity contribution in [2.24, 2.45) is 0 Å². The lowest BCUT2D eigenvalue weighted by atomic mass is 9.84. The topological polar surface area (TPSA) is 87.2 Å². The highest BCUT2D eigenvalue weighted by Gasteiger charge is 2.50. The van der Waals surface area contributed by atoms with Crippen LogP contribution >= 0.6 is 0 Å². The second-order valence-corrected chi connectivity index (χ2v) is 8.59. The van der Waals surface area contributed by atoms with Crippen LogP contribution in [0, 0.1) is 0 Å². The maximum atomic E-state index is 13.1. The van der Waals surface area contributed by atoms with Gasteiger partial charge in [0.05, 0.1) is 18.2 Å². The monoisotopic (exact) mass is 463 g/mol. The molecule has 0 aliphatic carbocycles. The van der Waals surface area contributed by atoms with Crippen molar-refractivity contribution in [3.05, 3.63) is 65.7 Å². The highest BCUT2D eigenvalue weighted by atomic mass is 16.5. The van der Waals surface area contributed by atoms with Crippen LogP contribution in [0.4, 0.5) is 5.69 Å². The lowest BCUT2D eigenvalue weighted by Gasteiger charge is -2.46. The molecule has 34 heavy (non-hydrogen) atoms. The highest BCUT2D eigenvalue weighted by molar-refractivity contribution is 6.21. The second kappa shape index (κ2) is 9.77. The zero-order valence-electron chi connectivity index (χ0n) is 19.5. The molecule has 4 rings (SSSR count). The van der Waals surface area contributed by atoms with E-state index in [0.29, 0.717) is 49.3 Å². The number of anilines is 1. The van der Waals surface area contributed by atoms with Crippen LogP contribution in [0.1, 0.15) is 46.9 Å². The molecule has 8 heteroatoms. The smallest absolute Gasteiger partial charge is 0.332 e. The normalized spacial score (nSPS) is 17.4. The number of carbonyl (C=O) groups excluding carboxylic acids is 4. The van der Waals surface area contributed by atoms with Crippen LogP contribution in [0.25, 0.3) is 0 Å². The number of hydrogen-bond acceptors (Lipinski definition) is 6. The molecule has 2 heterocycles. The van der Waals surface area contributed by atoms with Gasteiger partial charge in [-0.1, -0.05) is 37.3 Å². The van der Waals surface area contributed by atoms with Crippen LogP contribution in [-0.2, 0) is 14.3 Å². The summed E-state index contributed by atoms with van der Waals surface area (Å²) in [7, 11) is 1.35. The van der Waals surface area contributed by atoms with Gasteiger partial charge < -0.3 is 9.64 Å². The zero-order chi connectivity index (χ0) is 24.3. The number of carbonyl (C=O) groups is 4. The predicted octanol–water partition coefficient (Wildman–Crippen LogP) is 2.73. The summed E-state index contributed by atoms with van der Waals surface area (Å²) in [4.78, 5) is 56.4. The minimum atomic E-state index is -1.10. The van der Waals surface area contributed by atoms with Gasteiger partial charge in [-0.3, -0.25) is 24.2 Å². The van der Waals surface area contributed by atoms with E-state index < -0.39 is 11.5 Å². The molecule has 0 unspecified atom stereocenters. The SMILES string of the molecule is CCC(=O)N(c1ccccc1)C1(C(=O)OC)CCN(CCN2C(=O)c3ccccc3C2=O)CC1. The molecule has 3 amide bonds. The number of hydrogen-bond donors (Lipinski definition) is 0. The molecule has 2 aromatic carbocycles. The van der Waals surface area contributed by atoms with Gasteiger partial charge in [-0.2, -0.15) is 0 Å². The Morgan fingerprint density at radius 2 is 1.47 bits per heavy atom. The fourth-order valence-corrected chi connectivity index (χ4v) is 4.90. The third-order valence-electron chi connectivity index (χ3n) is 6.76. The Labute approximate surface area is 199 Å². The molecule has 2 aliphatic heterocycles. The van der Waals surface area contributed by atoms with Crippen molar-refractivity contribution in [3.8, 4) is 0 Å². The van der Waals surface area contributed by atoms with E-state index in [9.17, 15) is 19.2 Å². The number of ether oxygens (including phenoxy) is 1. The summed E-state index contributed by atoms with van der Waals surface area (Å²) in [5.74, 6) is -1.12. The van der Waals surface area contributed by atoms with Gasteiger partial charge in [-0.15, -0.1) is 0 Å². The molecule has 1 fully saturated rings. The first kappa shape index (κ1) is 23.6. The van der Waals surface area contributed by atoms with E-state index in [1.807, 2.05) is 30.3 Å². The quantitative estimate of drug-likeness (QED) is 0.464. The van der Waals surface area contributed by atoms with E-state index in [4.69, 9.17) is 4.74 Å². The van der Waals surface area contributed by atoms with Crippen LogP contribution in [0.5, 0.6) is 0 Å². The molecule has 2 aromatic rings. The number of methoxy groups -OCH3 is 1. The van der Waals surface area contributed by atoms with Gasteiger partial charge in [0.25, 0.3) is 11.8 Å². The molecular weight excluding hydrogens is 434 g/mol. The minimum Gasteiger partial charge on any atom is -0.467 e. The number of rotatable bonds is 7. The Bertz CT molecular complexity index is 1060. The number of esters is 1. The molecule has 0 spiro atoms. The molecular formula is C26H29N3O5. The van der Waals surface area contributed by atoms with Crippen LogP contribution in [0.3, 0.4) is 0 Å². The van der Waals surface area contributed by atoms with E-state index in [2.05, 4.69) is 4.90 Å². The Morgan fingerprint density at radius 3 is 2.00 bits per heavy atom. The van der Waals surface area contributed by atoms with Crippen molar-refractivity contribution in [2.45, 2.75) is 31.7 Å². The largest absolute Gasteiger partial charge is 0.467 e. The predicted molar refractivity (Wildman–Crippen MR) is 126 cm³/mol. The summed E-state index contributed by atoms with van der Waals surface area (Å²) < 4.78 is 5.18. The summed E-state index contributed by atoms with van der Waals surface area (Å²) in [6, 6.07) is 16.0. The van der Waals surface area contributed by atoms with E-state index in [-0.39, 0.29) is 30.7 Å². The number of amides is 3. The van der Waals surface area contributed by atoms with Gasteiger partial charge in [-0.25, -0.2) is 4.79 Å². The van der Waals surface area contributed by atoms with Crippen molar-refractivity contribution >= 4 is 29.4 Å². The lowest BCUT2D eigenvalue weighted by molar-refractivity contribution is -0.151. The first-order valence-electron chi connectivity index (χ1n) is 11.6. The minimum absolute atomic E-state index is 0.143. The van der Waals surface area contributed by atoms with E-state index in [1.165, 1.54) is 12.0 Å². The standard InChI is InChI=1S/C26H29N3O5/c1-3-22(30)29(19-9-5-4-6-10-19)26(25(33)34-2)13-15-27(16-14-26)17-18-28-23(31)20-11-7-8-12-21(20)24(28)32/h4-12H,3,13-18H2,1-2H3. The van der Waals surface area contributed by atoms with Gasteiger partial charge in [0.15, 0.2) is 0 Å². The average Bonchev–Trinajstić information content (AvgIpc) is 3.13. The second-order valence-electron chi connectivity index (χ2n) is 8.59. The number of nitrogens with zero attached hydrogens (tertiary/aromatic N) is 3. The zero-order valence-corrected chi connectivity index (χ0v) is 19.5. The highest BCUT2D eigenvalue weighted by Crippen LogP contribution is 2.35. The van der Waals surface area contributed by atoms with Gasteiger partial charge in [0, 0.05) is 38.3 Å². The Hall–Kier alpha value is -3.52. The van der Waals surface area contributed by atoms with Crippen molar-refractivity contribution < 1.29 is 23.9 Å². The molecule has 1 saturated heterocycles. The molecule has 0 aromatic heterocycles.